The molecule has 0 bridgehead atoms. The number of amides is 1. The van der Waals surface area contributed by atoms with Gasteiger partial charge in [0.2, 0.25) is 5.91 Å². The minimum absolute atomic E-state index is 0.0488. The Morgan fingerprint density at radius 1 is 1.24 bits per heavy atom. The fraction of sp³-hybridized carbons (Fsp3) is 0.923. The van der Waals surface area contributed by atoms with Crippen molar-refractivity contribution in [2.24, 2.45) is 11.7 Å². The number of nitrogens with zero attached hydrogens (tertiary/aromatic N) is 1. The zero-order chi connectivity index (χ0) is 13.4. The summed E-state index contributed by atoms with van der Waals surface area (Å²) in [5.74, 6) is 0.211. The third kappa shape index (κ3) is 8.16. The van der Waals surface area contributed by atoms with Gasteiger partial charge in [-0.1, -0.05) is 13.3 Å². The summed E-state index contributed by atoms with van der Waals surface area (Å²) in [5, 5.41) is 9.17. The number of rotatable bonds is 8. The van der Waals surface area contributed by atoms with Crippen LogP contribution < -0.4 is 5.73 Å². The van der Waals surface area contributed by atoms with E-state index in [1.54, 1.807) is 18.9 Å². The normalized spacial score (nSPS) is 16.4. The number of hydrogen-bond acceptors (Lipinski definition) is 3. The molecule has 0 saturated heterocycles. The highest BCUT2D eigenvalue weighted by molar-refractivity contribution is 5.78. The van der Waals surface area contributed by atoms with E-state index in [9.17, 15) is 9.90 Å². The Morgan fingerprint density at radius 2 is 1.82 bits per heavy atom. The maximum absolute atomic E-state index is 11.9. The predicted octanol–water partition coefficient (Wildman–Crippen LogP) is 1.37. The van der Waals surface area contributed by atoms with Crippen LogP contribution in [0.15, 0.2) is 0 Å². The Kier molecular flexibility index (Phi) is 8.17. The van der Waals surface area contributed by atoms with Crippen molar-refractivity contribution in [2.75, 3.05) is 13.6 Å². The fourth-order valence-electron chi connectivity index (χ4n) is 1.74. The molecule has 4 heteroatoms. The van der Waals surface area contributed by atoms with Crippen molar-refractivity contribution >= 4 is 5.91 Å². The van der Waals surface area contributed by atoms with E-state index < -0.39 is 0 Å². The molecule has 102 valence electrons. The van der Waals surface area contributed by atoms with E-state index >= 15 is 0 Å². The molecule has 4 nitrogen and oxygen atoms in total. The first-order valence-corrected chi connectivity index (χ1v) is 6.53. The highest BCUT2D eigenvalue weighted by atomic mass is 16.3. The van der Waals surface area contributed by atoms with Gasteiger partial charge in [-0.3, -0.25) is 4.79 Å². The summed E-state index contributed by atoms with van der Waals surface area (Å²) in [6, 6.07) is 0.213. The zero-order valence-corrected chi connectivity index (χ0v) is 11.6. The van der Waals surface area contributed by atoms with Gasteiger partial charge in [0, 0.05) is 25.6 Å². The molecule has 0 radical (unpaired) electrons. The number of nitrogens with two attached hydrogens (primary N) is 1. The average molecular weight is 244 g/mol. The van der Waals surface area contributed by atoms with E-state index in [-0.39, 0.29) is 24.0 Å². The quantitative estimate of drug-likeness (QED) is 0.677. The Bertz CT molecular complexity index is 217. The zero-order valence-electron chi connectivity index (χ0n) is 11.6. The molecule has 0 rings (SSSR count). The average Bonchev–Trinajstić information content (AvgIpc) is 2.24. The molecular formula is C13H28N2O2. The molecule has 0 spiro atoms. The SMILES string of the molecule is CC(N)CCCC(C)C(=O)N(C)CCC(C)O. The van der Waals surface area contributed by atoms with Crippen LogP contribution in [0.5, 0.6) is 0 Å². The van der Waals surface area contributed by atoms with E-state index in [1.807, 2.05) is 13.8 Å². The smallest absolute Gasteiger partial charge is 0.225 e. The topological polar surface area (TPSA) is 66.6 Å². The van der Waals surface area contributed by atoms with Crippen LogP contribution in [0.3, 0.4) is 0 Å². The monoisotopic (exact) mass is 244 g/mol. The van der Waals surface area contributed by atoms with Crippen molar-refractivity contribution in [1.29, 1.82) is 0 Å². The molecule has 0 aromatic heterocycles. The number of aliphatic hydroxyl groups is 1. The third-order valence-corrected chi connectivity index (χ3v) is 2.98. The Balaban J connectivity index is 3.86. The molecule has 0 saturated carbocycles. The standard InChI is InChI=1S/C13H28N2O2/c1-10(6-5-7-11(2)14)13(17)15(4)9-8-12(3)16/h10-12,16H,5-9,14H2,1-4H3. The van der Waals surface area contributed by atoms with Gasteiger partial charge in [0.1, 0.15) is 0 Å². The summed E-state index contributed by atoms with van der Waals surface area (Å²) >= 11 is 0. The Labute approximate surface area is 105 Å². The van der Waals surface area contributed by atoms with Crippen LogP contribution in [0.4, 0.5) is 0 Å². The molecule has 0 aromatic carbocycles. The number of carbonyl (C=O) groups excluding carboxylic acids is 1. The molecule has 3 N–H and O–H groups in total. The molecule has 0 heterocycles. The lowest BCUT2D eigenvalue weighted by Gasteiger charge is -2.22. The third-order valence-electron chi connectivity index (χ3n) is 2.98. The molecule has 0 aromatic rings. The van der Waals surface area contributed by atoms with E-state index in [4.69, 9.17) is 5.73 Å². The van der Waals surface area contributed by atoms with Gasteiger partial charge in [-0.15, -0.1) is 0 Å². The first-order chi connectivity index (χ1) is 7.84. The minimum atomic E-state index is -0.348. The van der Waals surface area contributed by atoms with E-state index in [0.717, 1.165) is 19.3 Å². The molecule has 17 heavy (non-hydrogen) atoms. The maximum atomic E-state index is 11.9. The predicted molar refractivity (Wildman–Crippen MR) is 70.6 cm³/mol. The molecular weight excluding hydrogens is 216 g/mol. The van der Waals surface area contributed by atoms with Crippen molar-refractivity contribution in [3.05, 3.63) is 0 Å². The van der Waals surface area contributed by atoms with Crippen LogP contribution in [-0.4, -0.2) is 41.7 Å². The van der Waals surface area contributed by atoms with Crippen molar-refractivity contribution < 1.29 is 9.90 Å². The van der Waals surface area contributed by atoms with Crippen molar-refractivity contribution in [1.82, 2.24) is 4.90 Å². The number of hydrogen-bond donors (Lipinski definition) is 2. The molecule has 0 aliphatic heterocycles. The highest BCUT2D eigenvalue weighted by Gasteiger charge is 2.17. The van der Waals surface area contributed by atoms with Gasteiger partial charge < -0.3 is 15.7 Å². The van der Waals surface area contributed by atoms with Crippen LogP contribution in [0.2, 0.25) is 0 Å². The van der Waals surface area contributed by atoms with Gasteiger partial charge in [0.05, 0.1) is 6.10 Å². The molecule has 0 aliphatic rings. The van der Waals surface area contributed by atoms with Crippen molar-refractivity contribution in [2.45, 2.75) is 58.6 Å². The second kappa shape index (κ2) is 8.48. The lowest BCUT2D eigenvalue weighted by Crippen LogP contribution is -2.33. The second-order valence-corrected chi connectivity index (χ2v) is 5.21. The van der Waals surface area contributed by atoms with Gasteiger partial charge in [0.25, 0.3) is 0 Å². The highest BCUT2D eigenvalue weighted by Crippen LogP contribution is 2.12. The summed E-state index contributed by atoms with van der Waals surface area (Å²) < 4.78 is 0. The lowest BCUT2D eigenvalue weighted by molar-refractivity contribution is -0.134. The van der Waals surface area contributed by atoms with Gasteiger partial charge in [-0.25, -0.2) is 0 Å². The molecule has 3 atom stereocenters. The second-order valence-electron chi connectivity index (χ2n) is 5.21. The van der Waals surface area contributed by atoms with E-state index in [1.165, 1.54) is 0 Å². The van der Waals surface area contributed by atoms with Crippen LogP contribution in [-0.2, 0) is 4.79 Å². The summed E-state index contributed by atoms with van der Waals surface area (Å²) in [4.78, 5) is 13.7. The van der Waals surface area contributed by atoms with Crippen LogP contribution in [0, 0.1) is 5.92 Å². The fourth-order valence-corrected chi connectivity index (χ4v) is 1.74. The summed E-state index contributed by atoms with van der Waals surface area (Å²) in [6.45, 7) is 6.31. The van der Waals surface area contributed by atoms with Crippen molar-refractivity contribution in [3.63, 3.8) is 0 Å². The van der Waals surface area contributed by atoms with E-state index in [2.05, 4.69) is 0 Å². The Hall–Kier alpha value is -0.610. The maximum Gasteiger partial charge on any atom is 0.225 e. The molecule has 3 unspecified atom stereocenters. The number of carbonyl (C=O) groups is 1. The van der Waals surface area contributed by atoms with Gasteiger partial charge in [-0.05, 0) is 33.1 Å². The summed E-state index contributed by atoms with van der Waals surface area (Å²) in [7, 11) is 1.80. The largest absolute Gasteiger partial charge is 0.393 e. The van der Waals surface area contributed by atoms with Gasteiger partial charge in [0.15, 0.2) is 0 Å². The van der Waals surface area contributed by atoms with Gasteiger partial charge in [-0.2, -0.15) is 0 Å². The van der Waals surface area contributed by atoms with E-state index in [0.29, 0.717) is 13.0 Å². The Morgan fingerprint density at radius 3 is 2.29 bits per heavy atom. The summed E-state index contributed by atoms with van der Waals surface area (Å²) in [6.07, 6.45) is 3.14. The summed E-state index contributed by atoms with van der Waals surface area (Å²) in [5.41, 5.74) is 5.67. The number of aliphatic hydroxyl groups excluding tert-OH is 1. The minimum Gasteiger partial charge on any atom is -0.393 e. The van der Waals surface area contributed by atoms with Crippen molar-refractivity contribution in [3.8, 4) is 0 Å². The molecule has 1 amide bonds. The first kappa shape index (κ1) is 16.4. The first-order valence-electron chi connectivity index (χ1n) is 6.53. The molecule has 0 fully saturated rings. The van der Waals surface area contributed by atoms with Crippen LogP contribution in [0.25, 0.3) is 0 Å². The van der Waals surface area contributed by atoms with Crippen LogP contribution in [0.1, 0.15) is 46.5 Å². The lowest BCUT2D eigenvalue weighted by atomic mass is 10.0. The molecule has 0 aliphatic carbocycles. The van der Waals surface area contributed by atoms with Crippen LogP contribution >= 0.6 is 0 Å². The van der Waals surface area contributed by atoms with Gasteiger partial charge >= 0.3 is 0 Å².